The van der Waals surface area contributed by atoms with Crippen LogP contribution in [0.2, 0.25) is 0 Å². The predicted octanol–water partition coefficient (Wildman–Crippen LogP) is 2.77. The van der Waals surface area contributed by atoms with Gasteiger partial charge in [0.25, 0.3) is 0 Å². The number of hydrogen-bond acceptors (Lipinski definition) is 2. The molecule has 94 valence electrons. The monoisotopic (exact) mass is 224 g/mol. The van der Waals surface area contributed by atoms with E-state index < -0.39 is 0 Å². The zero-order valence-corrected chi connectivity index (χ0v) is 11.0. The van der Waals surface area contributed by atoms with Gasteiger partial charge < -0.3 is 10.6 Å². The highest BCUT2D eigenvalue weighted by Crippen LogP contribution is 2.31. The van der Waals surface area contributed by atoms with Crippen LogP contribution in [0.25, 0.3) is 0 Å². The lowest BCUT2D eigenvalue weighted by Crippen LogP contribution is -2.46. The van der Waals surface area contributed by atoms with Gasteiger partial charge in [-0.1, -0.05) is 19.8 Å². The van der Waals surface area contributed by atoms with E-state index in [9.17, 15) is 0 Å². The van der Waals surface area contributed by atoms with Crippen molar-refractivity contribution >= 4 is 0 Å². The summed E-state index contributed by atoms with van der Waals surface area (Å²) in [5, 5.41) is 0. The predicted molar refractivity (Wildman–Crippen MR) is 69.4 cm³/mol. The lowest BCUT2D eigenvalue weighted by atomic mass is 9.91. The maximum absolute atomic E-state index is 6.43. The summed E-state index contributed by atoms with van der Waals surface area (Å²) in [6, 6.07) is 0.779. The van der Waals surface area contributed by atoms with E-state index >= 15 is 0 Å². The second-order valence-electron chi connectivity index (χ2n) is 6.35. The molecule has 16 heavy (non-hydrogen) atoms. The fraction of sp³-hybridized carbons (Fsp3) is 1.00. The molecule has 1 heterocycles. The number of hydrogen-bond donors (Lipinski definition) is 1. The van der Waals surface area contributed by atoms with Crippen LogP contribution in [0.4, 0.5) is 0 Å². The van der Waals surface area contributed by atoms with Crippen LogP contribution in [0, 0.1) is 5.92 Å². The molecule has 2 heteroatoms. The molecule has 0 radical (unpaired) electrons. The van der Waals surface area contributed by atoms with E-state index in [1.807, 2.05) is 0 Å². The number of nitrogens with two attached hydrogens (primary N) is 1. The van der Waals surface area contributed by atoms with Crippen LogP contribution in [-0.4, -0.2) is 29.6 Å². The summed E-state index contributed by atoms with van der Waals surface area (Å²) >= 11 is 0. The van der Waals surface area contributed by atoms with Gasteiger partial charge in [-0.25, -0.2) is 0 Å². The molecule has 2 nitrogen and oxygen atoms in total. The Morgan fingerprint density at radius 2 is 1.88 bits per heavy atom. The van der Waals surface area contributed by atoms with Crippen molar-refractivity contribution in [3.8, 4) is 0 Å². The summed E-state index contributed by atoms with van der Waals surface area (Å²) in [5.41, 5.74) is 6.61. The van der Waals surface area contributed by atoms with Crippen LogP contribution in [0.5, 0.6) is 0 Å². The number of likely N-dealkylation sites (tertiary alicyclic amines) is 1. The molecule has 2 aliphatic rings. The average Bonchev–Trinajstić information content (AvgIpc) is 2.67. The highest BCUT2D eigenvalue weighted by Gasteiger charge is 2.31. The van der Waals surface area contributed by atoms with Crippen molar-refractivity contribution in [1.29, 1.82) is 0 Å². The maximum atomic E-state index is 6.43. The van der Waals surface area contributed by atoms with Crippen molar-refractivity contribution < 1.29 is 0 Å². The van der Waals surface area contributed by atoms with E-state index in [-0.39, 0.29) is 5.54 Å². The average molecular weight is 224 g/mol. The lowest BCUT2D eigenvalue weighted by Gasteiger charge is -2.38. The summed E-state index contributed by atoms with van der Waals surface area (Å²) in [6.45, 7) is 7.27. The van der Waals surface area contributed by atoms with Crippen molar-refractivity contribution in [3.63, 3.8) is 0 Å². The molecule has 1 saturated carbocycles. The fourth-order valence-corrected chi connectivity index (χ4v) is 3.39. The molecule has 1 aliphatic carbocycles. The van der Waals surface area contributed by atoms with Gasteiger partial charge in [-0.3, -0.25) is 0 Å². The van der Waals surface area contributed by atoms with Gasteiger partial charge in [0.05, 0.1) is 0 Å². The number of piperidine rings is 1. The van der Waals surface area contributed by atoms with Crippen molar-refractivity contribution in [1.82, 2.24) is 4.90 Å². The fourth-order valence-electron chi connectivity index (χ4n) is 3.39. The van der Waals surface area contributed by atoms with Gasteiger partial charge in [0.1, 0.15) is 0 Å². The minimum Gasteiger partial charge on any atom is -0.325 e. The third-order valence-electron chi connectivity index (χ3n) is 4.74. The first-order valence-electron chi connectivity index (χ1n) is 7.12. The van der Waals surface area contributed by atoms with Crippen molar-refractivity contribution in [3.05, 3.63) is 0 Å². The normalized spacial score (nSPS) is 35.4. The number of nitrogens with zero attached hydrogens (tertiary/aromatic N) is 1. The quantitative estimate of drug-likeness (QED) is 0.798. The zero-order chi connectivity index (χ0) is 11.6. The summed E-state index contributed by atoms with van der Waals surface area (Å²) in [7, 11) is 0. The standard InChI is InChI=1S/C14H28N2/c1-12-5-6-13(2)16(11-12)10-9-14(15)7-3-4-8-14/h12-13H,3-11,15H2,1-2H3. The van der Waals surface area contributed by atoms with Gasteiger partial charge in [0.15, 0.2) is 0 Å². The molecule has 1 aliphatic heterocycles. The highest BCUT2D eigenvalue weighted by molar-refractivity contribution is 4.90. The first-order chi connectivity index (χ1) is 7.59. The Hall–Kier alpha value is -0.0800. The van der Waals surface area contributed by atoms with E-state index in [4.69, 9.17) is 5.73 Å². The Labute approximate surface area is 101 Å². The molecule has 2 atom stereocenters. The van der Waals surface area contributed by atoms with Crippen molar-refractivity contribution in [2.75, 3.05) is 13.1 Å². The Bertz CT molecular complexity index is 221. The summed E-state index contributed by atoms with van der Waals surface area (Å²) in [6.07, 6.45) is 9.20. The van der Waals surface area contributed by atoms with Crippen LogP contribution >= 0.6 is 0 Å². The minimum absolute atomic E-state index is 0.181. The van der Waals surface area contributed by atoms with Gasteiger partial charge in [-0.15, -0.1) is 0 Å². The first kappa shape index (κ1) is 12.4. The Morgan fingerprint density at radius 1 is 1.19 bits per heavy atom. The topological polar surface area (TPSA) is 29.3 Å². The maximum Gasteiger partial charge on any atom is 0.0166 e. The van der Waals surface area contributed by atoms with Gasteiger partial charge in [-0.2, -0.15) is 0 Å². The molecule has 0 aromatic rings. The van der Waals surface area contributed by atoms with Gasteiger partial charge >= 0.3 is 0 Å². The van der Waals surface area contributed by atoms with E-state index in [2.05, 4.69) is 18.7 Å². The summed E-state index contributed by atoms with van der Waals surface area (Å²) in [4.78, 5) is 2.67. The van der Waals surface area contributed by atoms with Crippen LogP contribution in [0.15, 0.2) is 0 Å². The second-order valence-corrected chi connectivity index (χ2v) is 6.35. The largest absolute Gasteiger partial charge is 0.325 e. The zero-order valence-electron chi connectivity index (χ0n) is 11.0. The summed E-state index contributed by atoms with van der Waals surface area (Å²) < 4.78 is 0. The van der Waals surface area contributed by atoms with Gasteiger partial charge in [-0.05, 0) is 44.9 Å². The minimum atomic E-state index is 0.181. The number of rotatable bonds is 3. The first-order valence-corrected chi connectivity index (χ1v) is 7.12. The van der Waals surface area contributed by atoms with Crippen molar-refractivity contribution in [2.24, 2.45) is 11.7 Å². The third kappa shape index (κ3) is 2.98. The molecule has 0 aromatic heterocycles. The molecular formula is C14H28N2. The highest BCUT2D eigenvalue weighted by atomic mass is 15.2. The molecule has 0 spiro atoms. The molecule has 1 saturated heterocycles. The van der Waals surface area contributed by atoms with Gasteiger partial charge in [0, 0.05) is 24.7 Å². The summed E-state index contributed by atoms with van der Waals surface area (Å²) in [5.74, 6) is 0.883. The Morgan fingerprint density at radius 3 is 2.56 bits per heavy atom. The molecular weight excluding hydrogens is 196 g/mol. The molecule has 2 unspecified atom stereocenters. The van der Waals surface area contributed by atoms with Crippen LogP contribution in [-0.2, 0) is 0 Å². The van der Waals surface area contributed by atoms with Crippen LogP contribution < -0.4 is 5.73 Å². The van der Waals surface area contributed by atoms with Crippen LogP contribution in [0.3, 0.4) is 0 Å². The third-order valence-corrected chi connectivity index (χ3v) is 4.74. The SMILES string of the molecule is CC1CCC(C)N(CCC2(N)CCCC2)C1. The molecule has 2 fully saturated rings. The van der Waals surface area contributed by atoms with Gasteiger partial charge in [0.2, 0.25) is 0 Å². The van der Waals surface area contributed by atoms with E-state index in [1.54, 1.807) is 0 Å². The molecule has 2 rings (SSSR count). The molecule has 2 N–H and O–H groups in total. The smallest absolute Gasteiger partial charge is 0.0166 e. The van der Waals surface area contributed by atoms with E-state index in [0.29, 0.717) is 0 Å². The molecule has 0 amide bonds. The molecule has 0 bridgehead atoms. The second kappa shape index (κ2) is 5.05. The van der Waals surface area contributed by atoms with E-state index in [1.165, 1.54) is 58.0 Å². The van der Waals surface area contributed by atoms with Crippen LogP contribution in [0.1, 0.15) is 58.8 Å². The molecule has 0 aromatic carbocycles. The van der Waals surface area contributed by atoms with E-state index in [0.717, 1.165) is 12.0 Å². The van der Waals surface area contributed by atoms with Crippen molar-refractivity contribution in [2.45, 2.75) is 70.4 Å². The Kier molecular flexibility index (Phi) is 3.91. The lowest BCUT2D eigenvalue weighted by molar-refractivity contribution is 0.114. The Balaban J connectivity index is 1.79.